The van der Waals surface area contributed by atoms with E-state index in [4.69, 9.17) is 15.7 Å². The van der Waals surface area contributed by atoms with Crippen LogP contribution < -0.4 is 10.5 Å². The molecule has 1 heterocycles. The first kappa shape index (κ1) is 9.88. The van der Waals surface area contributed by atoms with Crippen LogP contribution >= 0.6 is 0 Å². The van der Waals surface area contributed by atoms with E-state index in [1.54, 1.807) is 6.08 Å². The van der Waals surface area contributed by atoms with Gasteiger partial charge in [-0.3, -0.25) is 5.73 Å². The van der Waals surface area contributed by atoms with Gasteiger partial charge in [0.1, 0.15) is 11.8 Å². The van der Waals surface area contributed by atoms with Gasteiger partial charge in [-0.25, -0.2) is 0 Å². The molecule has 0 saturated heterocycles. The molecule has 0 spiro atoms. The van der Waals surface area contributed by atoms with Crippen molar-refractivity contribution in [2.45, 2.75) is 6.23 Å². The third-order valence-electron chi connectivity index (χ3n) is 2.90. The number of hydrogen-bond donors (Lipinski definition) is 1. The summed E-state index contributed by atoms with van der Waals surface area (Å²) < 4.78 is 5.64. The number of nitrogens with two attached hydrogens (primary N) is 1. The Morgan fingerprint density at radius 2 is 2.00 bits per heavy atom. The van der Waals surface area contributed by atoms with Crippen molar-refractivity contribution < 1.29 is 4.74 Å². The number of nitrogens with zero attached hydrogens (tertiary/aromatic N) is 1. The van der Waals surface area contributed by atoms with Crippen LogP contribution in [0.15, 0.2) is 42.0 Å². The average molecular weight is 222 g/mol. The van der Waals surface area contributed by atoms with Gasteiger partial charge < -0.3 is 4.74 Å². The lowest BCUT2D eigenvalue weighted by molar-refractivity contribution is 0.249. The minimum absolute atomic E-state index is 0.452. The summed E-state index contributed by atoms with van der Waals surface area (Å²) in [6.07, 6.45) is 1.12. The molecule has 0 aromatic heterocycles. The Morgan fingerprint density at radius 3 is 2.82 bits per heavy atom. The molecule has 2 N–H and O–H groups in total. The highest BCUT2D eigenvalue weighted by molar-refractivity contribution is 5.92. The van der Waals surface area contributed by atoms with Crippen LogP contribution in [0.3, 0.4) is 0 Å². The lowest BCUT2D eigenvalue weighted by Crippen LogP contribution is -2.31. The summed E-state index contributed by atoms with van der Waals surface area (Å²) in [4.78, 5) is 0. The van der Waals surface area contributed by atoms with Gasteiger partial charge in [-0.15, -0.1) is 0 Å². The van der Waals surface area contributed by atoms with Gasteiger partial charge in [0.15, 0.2) is 6.23 Å². The van der Waals surface area contributed by atoms with E-state index in [-0.39, 0.29) is 0 Å². The largest absolute Gasteiger partial charge is 0.469 e. The Labute approximate surface area is 98.7 Å². The summed E-state index contributed by atoms with van der Waals surface area (Å²) in [6, 6.07) is 14.0. The average Bonchev–Trinajstić information content (AvgIpc) is 2.38. The molecule has 0 amide bonds. The number of nitriles is 1. The fourth-order valence-corrected chi connectivity index (χ4v) is 2.04. The van der Waals surface area contributed by atoms with Crippen LogP contribution in [0.4, 0.5) is 0 Å². The molecule has 1 aliphatic heterocycles. The van der Waals surface area contributed by atoms with E-state index in [1.165, 1.54) is 0 Å². The topological polar surface area (TPSA) is 59.0 Å². The highest BCUT2D eigenvalue weighted by atomic mass is 16.5. The van der Waals surface area contributed by atoms with E-state index in [2.05, 4.69) is 6.07 Å². The maximum absolute atomic E-state index is 8.92. The predicted octanol–water partition coefficient (Wildman–Crippen LogP) is 2.42. The third-order valence-corrected chi connectivity index (χ3v) is 2.90. The summed E-state index contributed by atoms with van der Waals surface area (Å²) in [6.45, 7) is 0. The minimum atomic E-state index is -0.668. The molecule has 1 atom stereocenters. The van der Waals surface area contributed by atoms with Crippen LogP contribution in [-0.4, -0.2) is 6.23 Å². The van der Waals surface area contributed by atoms with Crippen molar-refractivity contribution in [3.8, 4) is 11.8 Å². The molecular weight excluding hydrogens is 212 g/mol. The zero-order valence-corrected chi connectivity index (χ0v) is 9.05. The van der Waals surface area contributed by atoms with Crippen LogP contribution in [0.25, 0.3) is 16.8 Å². The highest BCUT2D eigenvalue weighted by Gasteiger charge is 2.20. The van der Waals surface area contributed by atoms with Crippen LogP contribution in [-0.2, 0) is 0 Å². The first-order valence-corrected chi connectivity index (χ1v) is 5.35. The van der Waals surface area contributed by atoms with E-state index >= 15 is 0 Å². The highest BCUT2D eigenvalue weighted by Crippen LogP contribution is 2.35. The molecular formula is C14H10N2O. The van der Waals surface area contributed by atoms with Crippen molar-refractivity contribution in [3.63, 3.8) is 0 Å². The molecule has 1 aliphatic rings. The molecule has 3 heteroatoms. The Balaban J connectivity index is 2.30. The van der Waals surface area contributed by atoms with Crippen LogP contribution in [0.1, 0.15) is 5.56 Å². The lowest BCUT2D eigenvalue weighted by Gasteiger charge is -2.22. The number of ether oxygens (including phenoxy) is 1. The minimum Gasteiger partial charge on any atom is -0.469 e. The van der Waals surface area contributed by atoms with E-state index in [0.29, 0.717) is 5.57 Å². The number of hydrogen-bond acceptors (Lipinski definition) is 3. The molecule has 2 aromatic rings. The summed E-state index contributed by atoms with van der Waals surface area (Å²) >= 11 is 0. The van der Waals surface area contributed by atoms with Gasteiger partial charge in [0.25, 0.3) is 0 Å². The van der Waals surface area contributed by atoms with Crippen molar-refractivity contribution in [2.24, 2.45) is 5.73 Å². The fourth-order valence-electron chi connectivity index (χ4n) is 2.04. The maximum Gasteiger partial charge on any atom is 0.183 e. The zero-order chi connectivity index (χ0) is 11.8. The van der Waals surface area contributed by atoms with Crippen LogP contribution in [0, 0.1) is 11.3 Å². The summed E-state index contributed by atoms with van der Waals surface area (Å²) in [5, 5.41) is 11.0. The van der Waals surface area contributed by atoms with Crippen molar-refractivity contribution >= 4 is 16.8 Å². The normalized spacial score (nSPS) is 17.9. The Hall–Kier alpha value is -2.31. The summed E-state index contributed by atoms with van der Waals surface area (Å²) in [7, 11) is 0. The lowest BCUT2D eigenvalue weighted by atomic mass is 10.0. The maximum atomic E-state index is 8.92. The molecule has 0 bridgehead atoms. The molecule has 0 aliphatic carbocycles. The molecule has 0 saturated carbocycles. The molecule has 2 aromatic carbocycles. The Morgan fingerprint density at radius 1 is 1.18 bits per heavy atom. The molecule has 3 rings (SSSR count). The number of fused-ring (bicyclic) bond motifs is 3. The van der Waals surface area contributed by atoms with Gasteiger partial charge in [0, 0.05) is 10.9 Å². The van der Waals surface area contributed by atoms with E-state index in [9.17, 15) is 0 Å². The quantitative estimate of drug-likeness (QED) is 0.744. The van der Waals surface area contributed by atoms with Crippen molar-refractivity contribution in [1.29, 1.82) is 5.26 Å². The second-order valence-corrected chi connectivity index (χ2v) is 3.95. The summed E-state index contributed by atoms with van der Waals surface area (Å²) in [5.41, 5.74) is 7.14. The molecule has 0 radical (unpaired) electrons. The monoisotopic (exact) mass is 222 g/mol. The van der Waals surface area contributed by atoms with Crippen LogP contribution in [0.5, 0.6) is 5.75 Å². The zero-order valence-electron chi connectivity index (χ0n) is 9.05. The standard InChI is InChI=1S/C14H10N2O/c15-8-11-7-10-6-5-9-3-1-2-4-12(9)13(10)17-14(11)16/h1-7,14H,16H2. The third kappa shape index (κ3) is 1.47. The van der Waals surface area contributed by atoms with Crippen LogP contribution in [0.2, 0.25) is 0 Å². The van der Waals surface area contributed by atoms with Gasteiger partial charge in [0.05, 0.1) is 5.57 Å². The van der Waals surface area contributed by atoms with E-state index in [1.807, 2.05) is 36.4 Å². The smallest absolute Gasteiger partial charge is 0.183 e. The second kappa shape index (κ2) is 3.62. The van der Waals surface area contributed by atoms with Gasteiger partial charge in [0.2, 0.25) is 0 Å². The first-order valence-electron chi connectivity index (χ1n) is 5.35. The second-order valence-electron chi connectivity index (χ2n) is 3.95. The predicted molar refractivity (Wildman–Crippen MR) is 66.1 cm³/mol. The molecule has 1 unspecified atom stereocenters. The summed E-state index contributed by atoms with van der Waals surface area (Å²) in [5.74, 6) is 0.759. The Bertz CT molecular complexity index is 667. The van der Waals surface area contributed by atoms with E-state index < -0.39 is 6.23 Å². The Kier molecular flexibility index (Phi) is 2.10. The number of rotatable bonds is 0. The fraction of sp³-hybridized carbons (Fsp3) is 0.0714. The van der Waals surface area contributed by atoms with Crippen molar-refractivity contribution in [3.05, 3.63) is 47.5 Å². The first-order chi connectivity index (χ1) is 8.29. The molecule has 0 fully saturated rings. The molecule has 82 valence electrons. The van der Waals surface area contributed by atoms with Gasteiger partial charge in [-0.2, -0.15) is 5.26 Å². The van der Waals surface area contributed by atoms with Gasteiger partial charge in [-0.1, -0.05) is 36.4 Å². The van der Waals surface area contributed by atoms with Crippen molar-refractivity contribution in [1.82, 2.24) is 0 Å². The van der Waals surface area contributed by atoms with E-state index in [0.717, 1.165) is 22.1 Å². The SMILES string of the molecule is N#CC1=Cc2ccc3ccccc3c2OC1N. The van der Waals surface area contributed by atoms with Gasteiger partial charge >= 0.3 is 0 Å². The van der Waals surface area contributed by atoms with Gasteiger partial charge in [-0.05, 0) is 11.5 Å². The van der Waals surface area contributed by atoms with Crippen molar-refractivity contribution in [2.75, 3.05) is 0 Å². The molecule has 17 heavy (non-hydrogen) atoms. The number of benzene rings is 2. The molecule has 3 nitrogen and oxygen atoms in total.